The summed E-state index contributed by atoms with van der Waals surface area (Å²) in [6.07, 6.45) is 8.11. The third kappa shape index (κ3) is 6.04. The van der Waals surface area contributed by atoms with Crippen LogP contribution >= 0.6 is 0 Å². The minimum absolute atomic E-state index is 0.464. The molecule has 1 heterocycles. The van der Waals surface area contributed by atoms with Crippen molar-refractivity contribution in [2.45, 2.75) is 109 Å². The maximum atomic E-state index is 13.0. The molecule has 0 radical (unpaired) electrons. The highest BCUT2D eigenvalue weighted by Crippen LogP contribution is 2.35. The molecular formula is C19H41NOSi2. The molecule has 4 heteroatoms. The van der Waals surface area contributed by atoms with Gasteiger partial charge in [0.1, 0.15) is 0 Å². The Bertz CT molecular complexity index is 362. The van der Waals surface area contributed by atoms with Crippen molar-refractivity contribution in [1.82, 2.24) is 4.90 Å². The average Bonchev–Trinajstić information content (AvgIpc) is 2.87. The van der Waals surface area contributed by atoms with E-state index in [1.54, 1.807) is 0 Å². The van der Waals surface area contributed by atoms with Crippen LogP contribution in [0.2, 0.25) is 39.3 Å². The van der Waals surface area contributed by atoms with Crippen LogP contribution in [-0.2, 0) is 4.79 Å². The zero-order chi connectivity index (χ0) is 17.8. The van der Waals surface area contributed by atoms with Crippen LogP contribution in [-0.4, -0.2) is 38.3 Å². The summed E-state index contributed by atoms with van der Waals surface area (Å²) in [5.41, 5.74) is 1.14. The molecule has 0 bridgehead atoms. The molecule has 0 spiro atoms. The van der Waals surface area contributed by atoms with Gasteiger partial charge in [0.15, 0.2) is 0 Å². The fourth-order valence-electron chi connectivity index (χ4n) is 3.96. The minimum Gasteiger partial charge on any atom is -0.343 e. The van der Waals surface area contributed by atoms with Gasteiger partial charge in [-0.1, -0.05) is 72.4 Å². The second-order valence-corrected chi connectivity index (χ2v) is 20.7. The van der Waals surface area contributed by atoms with E-state index in [9.17, 15) is 4.79 Å². The van der Waals surface area contributed by atoms with E-state index in [2.05, 4.69) is 58.0 Å². The Labute approximate surface area is 147 Å². The first-order valence-corrected chi connectivity index (χ1v) is 16.9. The Kier molecular flexibility index (Phi) is 7.58. The summed E-state index contributed by atoms with van der Waals surface area (Å²) >= 11 is 0. The molecule has 23 heavy (non-hydrogen) atoms. The molecule has 1 rings (SSSR count). The van der Waals surface area contributed by atoms with E-state index in [4.69, 9.17) is 0 Å². The first-order chi connectivity index (χ1) is 10.5. The Balaban J connectivity index is 2.70. The number of carbonyl (C=O) groups excluding carboxylic acids is 1. The van der Waals surface area contributed by atoms with Crippen LogP contribution in [0.1, 0.15) is 58.8 Å². The zero-order valence-corrected chi connectivity index (χ0v) is 19.0. The van der Waals surface area contributed by atoms with Gasteiger partial charge in [-0.25, -0.2) is 0 Å². The van der Waals surface area contributed by atoms with Gasteiger partial charge in [-0.3, -0.25) is 4.79 Å². The fraction of sp³-hybridized carbons (Fsp3) is 0.947. The summed E-state index contributed by atoms with van der Waals surface area (Å²) < 4.78 is 0. The number of unbranched alkanes of at least 4 members (excludes halogenated alkanes) is 1. The van der Waals surface area contributed by atoms with Crippen LogP contribution in [0, 0.1) is 5.92 Å². The van der Waals surface area contributed by atoms with Gasteiger partial charge in [0.05, 0.1) is 16.1 Å². The lowest BCUT2D eigenvalue weighted by atomic mass is 10.0. The number of hydrogen-bond acceptors (Lipinski definition) is 1. The largest absolute Gasteiger partial charge is 0.343 e. The van der Waals surface area contributed by atoms with E-state index in [0.717, 1.165) is 18.8 Å². The second-order valence-electron chi connectivity index (χ2n) is 9.90. The van der Waals surface area contributed by atoms with E-state index in [1.807, 2.05) is 0 Å². The van der Waals surface area contributed by atoms with Gasteiger partial charge < -0.3 is 4.90 Å². The Morgan fingerprint density at radius 1 is 1.00 bits per heavy atom. The van der Waals surface area contributed by atoms with Crippen molar-refractivity contribution >= 4 is 22.1 Å². The standard InChI is InChI=1S/C19H41NOSi2/c1-9-16(2)12-10-11-13-17(21)20-18(22(3,4)5)14-15-19(20)23(6,7)8/h16,18-19H,9-15H2,1-8H3. The molecule has 0 aromatic heterocycles. The van der Waals surface area contributed by atoms with Crippen LogP contribution in [0.25, 0.3) is 0 Å². The van der Waals surface area contributed by atoms with Gasteiger partial charge in [-0.05, 0) is 25.2 Å². The molecule has 0 aliphatic carbocycles. The van der Waals surface area contributed by atoms with Gasteiger partial charge >= 0.3 is 0 Å². The Morgan fingerprint density at radius 2 is 1.48 bits per heavy atom. The van der Waals surface area contributed by atoms with Crippen LogP contribution < -0.4 is 0 Å². The van der Waals surface area contributed by atoms with E-state index in [-0.39, 0.29) is 0 Å². The summed E-state index contributed by atoms with van der Waals surface area (Å²) in [5, 5.41) is 0. The Morgan fingerprint density at radius 3 is 1.87 bits per heavy atom. The number of likely N-dealkylation sites (tertiary alicyclic amines) is 1. The molecule has 0 saturated carbocycles. The lowest BCUT2D eigenvalue weighted by Crippen LogP contribution is -2.57. The lowest BCUT2D eigenvalue weighted by molar-refractivity contribution is -0.131. The summed E-state index contributed by atoms with van der Waals surface area (Å²) in [6, 6.07) is 0. The molecule has 0 N–H and O–H groups in total. The normalized spacial score (nSPS) is 24.1. The molecule has 0 aromatic carbocycles. The number of carbonyl (C=O) groups is 1. The molecule has 1 aliphatic heterocycles. The van der Waals surface area contributed by atoms with Crippen LogP contribution in [0.3, 0.4) is 0 Å². The van der Waals surface area contributed by atoms with E-state index >= 15 is 0 Å². The highest BCUT2D eigenvalue weighted by Gasteiger charge is 2.47. The summed E-state index contributed by atoms with van der Waals surface area (Å²) in [4.78, 5) is 15.4. The molecule has 3 unspecified atom stereocenters. The van der Waals surface area contributed by atoms with Gasteiger partial charge in [0, 0.05) is 17.8 Å². The second kappa shape index (κ2) is 8.33. The third-order valence-electron chi connectivity index (χ3n) is 5.71. The molecular weight excluding hydrogens is 314 g/mol. The zero-order valence-electron chi connectivity index (χ0n) is 17.0. The van der Waals surface area contributed by atoms with Gasteiger partial charge in [0.2, 0.25) is 5.91 Å². The number of hydrogen-bond donors (Lipinski definition) is 0. The molecule has 1 saturated heterocycles. The van der Waals surface area contributed by atoms with Crippen LogP contribution in [0.5, 0.6) is 0 Å². The Hall–Kier alpha value is -0.0962. The first-order valence-electron chi connectivity index (χ1n) is 9.79. The van der Waals surface area contributed by atoms with E-state index < -0.39 is 16.1 Å². The van der Waals surface area contributed by atoms with Gasteiger partial charge in [-0.15, -0.1) is 0 Å². The SMILES string of the molecule is CCC(C)CCCCC(=O)N1C([Si](C)(C)C)CCC1[Si](C)(C)C. The topological polar surface area (TPSA) is 20.3 Å². The summed E-state index contributed by atoms with van der Waals surface area (Å²) in [6.45, 7) is 19.2. The van der Waals surface area contributed by atoms with E-state index in [1.165, 1.54) is 32.1 Å². The summed E-state index contributed by atoms with van der Waals surface area (Å²) in [5.74, 6) is 1.27. The van der Waals surface area contributed by atoms with Crippen LogP contribution in [0.4, 0.5) is 0 Å². The quantitative estimate of drug-likeness (QED) is 0.403. The fourth-order valence-corrected chi connectivity index (χ4v) is 8.49. The molecule has 136 valence electrons. The maximum Gasteiger partial charge on any atom is 0.222 e. The third-order valence-corrected chi connectivity index (χ3v) is 10.8. The number of nitrogens with zero attached hydrogens (tertiary/aromatic N) is 1. The molecule has 3 atom stereocenters. The van der Waals surface area contributed by atoms with Gasteiger partial charge in [0.25, 0.3) is 0 Å². The molecule has 1 fully saturated rings. The predicted octanol–water partition coefficient (Wildman–Crippen LogP) is 5.71. The highest BCUT2D eigenvalue weighted by atomic mass is 28.3. The molecule has 0 aromatic rings. The van der Waals surface area contributed by atoms with E-state index in [0.29, 0.717) is 17.2 Å². The lowest BCUT2D eigenvalue weighted by Gasteiger charge is -2.41. The monoisotopic (exact) mass is 355 g/mol. The van der Waals surface area contributed by atoms with Crippen molar-refractivity contribution in [3.05, 3.63) is 0 Å². The van der Waals surface area contributed by atoms with Crippen molar-refractivity contribution in [2.24, 2.45) is 5.92 Å². The van der Waals surface area contributed by atoms with Crippen molar-refractivity contribution < 1.29 is 4.79 Å². The number of rotatable bonds is 8. The summed E-state index contributed by atoms with van der Waals surface area (Å²) in [7, 11) is -2.63. The van der Waals surface area contributed by atoms with Crippen molar-refractivity contribution in [1.29, 1.82) is 0 Å². The van der Waals surface area contributed by atoms with Crippen LogP contribution in [0.15, 0.2) is 0 Å². The highest BCUT2D eigenvalue weighted by molar-refractivity contribution is 6.80. The first kappa shape index (κ1) is 20.9. The van der Waals surface area contributed by atoms with Gasteiger partial charge in [-0.2, -0.15) is 0 Å². The number of amides is 1. The van der Waals surface area contributed by atoms with Crippen molar-refractivity contribution in [2.75, 3.05) is 0 Å². The van der Waals surface area contributed by atoms with Crippen molar-refractivity contribution in [3.8, 4) is 0 Å². The maximum absolute atomic E-state index is 13.0. The molecule has 1 aliphatic rings. The minimum atomic E-state index is -1.31. The smallest absolute Gasteiger partial charge is 0.222 e. The molecule has 2 nitrogen and oxygen atoms in total. The average molecular weight is 356 g/mol. The van der Waals surface area contributed by atoms with Crippen molar-refractivity contribution in [3.63, 3.8) is 0 Å². The molecule has 1 amide bonds. The predicted molar refractivity (Wildman–Crippen MR) is 108 cm³/mol.